The lowest BCUT2D eigenvalue weighted by Gasteiger charge is -2.32. The van der Waals surface area contributed by atoms with Gasteiger partial charge in [0.2, 0.25) is 5.91 Å². The summed E-state index contributed by atoms with van der Waals surface area (Å²) in [6, 6.07) is 18.3. The molecule has 0 bridgehead atoms. The molecule has 0 radical (unpaired) electrons. The largest absolute Gasteiger partial charge is 0.342 e. The first-order valence-corrected chi connectivity index (χ1v) is 9.60. The van der Waals surface area contributed by atoms with Crippen LogP contribution in [0.2, 0.25) is 0 Å². The molecule has 0 N–H and O–H groups in total. The molecule has 4 nitrogen and oxygen atoms in total. The van der Waals surface area contributed by atoms with Crippen molar-refractivity contribution in [2.75, 3.05) is 13.1 Å². The number of piperidine rings is 1. The average Bonchev–Trinajstić information content (AvgIpc) is 2.76. The second-order valence-electron chi connectivity index (χ2n) is 7.12. The van der Waals surface area contributed by atoms with Crippen molar-refractivity contribution >= 4 is 5.91 Å². The predicted octanol–water partition coefficient (Wildman–Crippen LogP) is 4.23. The first-order chi connectivity index (χ1) is 13.7. The SMILES string of the molecule is O=C(Cc1ccccc1F)N1CCC[C@H](c2ccnc(-c3ccccc3)n2)C1. The van der Waals surface area contributed by atoms with Crippen molar-refractivity contribution in [3.8, 4) is 11.4 Å². The summed E-state index contributed by atoms with van der Waals surface area (Å²) in [5.74, 6) is 0.511. The van der Waals surface area contributed by atoms with E-state index in [1.54, 1.807) is 24.4 Å². The second kappa shape index (κ2) is 8.30. The van der Waals surface area contributed by atoms with E-state index in [9.17, 15) is 9.18 Å². The lowest BCUT2D eigenvalue weighted by molar-refractivity contribution is -0.131. The summed E-state index contributed by atoms with van der Waals surface area (Å²) in [6.45, 7) is 1.32. The zero-order valence-corrected chi connectivity index (χ0v) is 15.6. The maximum absolute atomic E-state index is 13.9. The van der Waals surface area contributed by atoms with Crippen LogP contribution in [0.1, 0.15) is 30.0 Å². The summed E-state index contributed by atoms with van der Waals surface area (Å²) in [6.07, 6.45) is 3.77. The Kier molecular flexibility index (Phi) is 5.42. The Bertz CT molecular complexity index is 961. The van der Waals surface area contributed by atoms with Crippen LogP contribution in [0.5, 0.6) is 0 Å². The highest BCUT2D eigenvalue weighted by Crippen LogP contribution is 2.27. The van der Waals surface area contributed by atoms with Gasteiger partial charge < -0.3 is 4.90 Å². The minimum absolute atomic E-state index is 0.0351. The first kappa shape index (κ1) is 18.3. The van der Waals surface area contributed by atoms with Crippen molar-refractivity contribution in [1.82, 2.24) is 14.9 Å². The molecule has 1 aliphatic rings. The monoisotopic (exact) mass is 375 g/mol. The van der Waals surface area contributed by atoms with Gasteiger partial charge >= 0.3 is 0 Å². The molecule has 5 heteroatoms. The van der Waals surface area contributed by atoms with Gasteiger partial charge in [0.05, 0.1) is 6.42 Å². The fraction of sp³-hybridized carbons (Fsp3) is 0.261. The van der Waals surface area contributed by atoms with Crippen LogP contribution in [-0.4, -0.2) is 33.9 Å². The van der Waals surface area contributed by atoms with E-state index in [1.807, 2.05) is 41.3 Å². The van der Waals surface area contributed by atoms with E-state index < -0.39 is 0 Å². The molecule has 1 amide bonds. The van der Waals surface area contributed by atoms with Crippen LogP contribution >= 0.6 is 0 Å². The number of nitrogens with zero attached hydrogens (tertiary/aromatic N) is 3. The molecule has 28 heavy (non-hydrogen) atoms. The van der Waals surface area contributed by atoms with Gasteiger partial charge in [-0.05, 0) is 30.5 Å². The molecule has 1 aliphatic heterocycles. The van der Waals surface area contributed by atoms with Gasteiger partial charge in [-0.1, -0.05) is 48.5 Å². The molecule has 1 saturated heterocycles. The van der Waals surface area contributed by atoms with Gasteiger partial charge in [-0.2, -0.15) is 0 Å². The lowest BCUT2D eigenvalue weighted by Crippen LogP contribution is -2.40. The number of carbonyl (C=O) groups is 1. The number of rotatable bonds is 4. The van der Waals surface area contributed by atoms with Gasteiger partial charge in [0.15, 0.2) is 5.82 Å². The molecule has 0 aliphatic carbocycles. The standard InChI is InChI=1S/C23H22FN3O/c24-20-11-5-4-9-18(20)15-22(28)27-14-6-10-19(16-27)21-12-13-25-23(26-21)17-7-2-1-3-8-17/h1-5,7-9,11-13,19H,6,10,14-16H2/t19-/m0/s1. The third-order valence-electron chi connectivity index (χ3n) is 5.20. The molecule has 2 heterocycles. The number of hydrogen-bond donors (Lipinski definition) is 0. The highest BCUT2D eigenvalue weighted by atomic mass is 19.1. The second-order valence-corrected chi connectivity index (χ2v) is 7.12. The Hall–Kier alpha value is -3.08. The molecule has 1 atom stereocenters. The Balaban J connectivity index is 1.48. The number of aromatic nitrogens is 2. The molecule has 0 saturated carbocycles. The van der Waals surface area contributed by atoms with Crippen molar-refractivity contribution in [2.24, 2.45) is 0 Å². The Morgan fingerprint density at radius 3 is 2.68 bits per heavy atom. The number of hydrogen-bond acceptors (Lipinski definition) is 3. The van der Waals surface area contributed by atoms with Crippen LogP contribution in [0.3, 0.4) is 0 Å². The highest BCUT2D eigenvalue weighted by molar-refractivity contribution is 5.79. The number of carbonyl (C=O) groups excluding carboxylic acids is 1. The number of benzene rings is 2. The Morgan fingerprint density at radius 2 is 1.86 bits per heavy atom. The smallest absolute Gasteiger partial charge is 0.227 e. The summed E-state index contributed by atoms with van der Waals surface area (Å²) in [5, 5.41) is 0. The Morgan fingerprint density at radius 1 is 1.07 bits per heavy atom. The third-order valence-corrected chi connectivity index (χ3v) is 5.20. The predicted molar refractivity (Wildman–Crippen MR) is 106 cm³/mol. The van der Waals surface area contributed by atoms with E-state index in [4.69, 9.17) is 4.98 Å². The van der Waals surface area contributed by atoms with Crippen LogP contribution in [0.25, 0.3) is 11.4 Å². The molecular weight excluding hydrogens is 353 g/mol. The van der Waals surface area contributed by atoms with Crippen LogP contribution in [0.15, 0.2) is 66.9 Å². The molecule has 1 fully saturated rings. The van der Waals surface area contributed by atoms with E-state index in [-0.39, 0.29) is 24.1 Å². The maximum Gasteiger partial charge on any atom is 0.227 e. The van der Waals surface area contributed by atoms with Gasteiger partial charge in [0.1, 0.15) is 5.82 Å². The lowest BCUT2D eigenvalue weighted by atomic mass is 9.94. The normalized spacial score (nSPS) is 16.8. The molecule has 2 aromatic carbocycles. The first-order valence-electron chi connectivity index (χ1n) is 9.60. The van der Waals surface area contributed by atoms with Crippen LogP contribution < -0.4 is 0 Å². The summed E-state index contributed by atoms with van der Waals surface area (Å²) >= 11 is 0. The van der Waals surface area contributed by atoms with E-state index >= 15 is 0 Å². The maximum atomic E-state index is 13.9. The zero-order chi connectivity index (χ0) is 19.3. The summed E-state index contributed by atoms with van der Waals surface area (Å²) in [4.78, 5) is 23.7. The summed E-state index contributed by atoms with van der Waals surface area (Å²) < 4.78 is 13.9. The van der Waals surface area contributed by atoms with Gasteiger partial charge in [-0.15, -0.1) is 0 Å². The molecule has 0 unspecified atom stereocenters. The van der Waals surface area contributed by atoms with Crippen molar-refractivity contribution in [1.29, 1.82) is 0 Å². The topological polar surface area (TPSA) is 46.1 Å². The number of likely N-dealkylation sites (tertiary alicyclic amines) is 1. The van der Waals surface area contributed by atoms with E-state index in [0.29, 0.717) is 24.5 Å². The number of halogens is 1. The van der Waals surface area contributed by atoms with Gasteiger partial charge in [-0.25, -0.2) is 14.4 Å². The average molecular weight is 375 g/mol. The fourth-order valence-electron chi connectivity index (χ4n) is 3.69. The van der Waals surface area contributed by atoms with E-state index in [1.165, 1.54) is 6.07 Å². The van der Waals surface area contributed by atoms with E-state index in [2.05, 4.69) is 4.98 Å². The summed E-state index contributed by atoms with van der Waals surface area (Å²) in [5.41, 5.74) is 2.38. The molecule has 4 rings (SSSR count). The zero-order valence-electron chi connectivity index (χ0n) is 15.6. The molecule has 142 valence electrons. The van der Waals surface area contributed by atoms with Crippen LogP contribution in [0.4, 0.5) is 4.39 Å². The van der Waals surface area contributed by atoms with Gasteiger partial charge in [-0.3, -0.25) is 4.79 Å². The quantitative estimate of drug-likeness (QED) is 0.685. The molecule has 0 spiro atoms. The summed E-state index contributed by atoms with van der Waals surface area (Å²) in [7, 11) is 0. The third kappa shape index (κ3) is 4.09. The molecular formula is C23H22FN3O. The Labute approximate surface area is 164 Å². The van der Waals surface area contributed by atoms with Gasteiger partial charge in [0.25, 0.3) is 0 Å². The van der Waals surface area contributed by atoms with Crippen LogP contribution in [-0.2, 0) is 11.2 Å². The molecule has 3 aromatic rings. The fourth-order valence-corrected chi connectivity index (χ4v) is 3.69. The van der Waals surface area contributed by atoms with Crippen molar-refractivity contribution < 1.29 is 9.18 Å². The van der Waals surface area contributed by atoms with Crippen molar-refractivity contribution in [3.63, 3.8) is 0 Å². The minimum atomic E-state index is -0.326. The minimum Gasteiger partial charge on any atom is -0.342 e. The van der Waals surface area contributed by atoms with Crippen LogP contribution in [0, 0.1) is 5.82 Å². The van der Waals surface area contributed by atoms with Gasteiger partial charge in [0, 0.05) is 36.5 Å². The van der Waals surface area contributed by atoms with Crippen molar-refractivity contribution in [2.45, 2.75) is 25.2 Å². The highest BCUT2D eigenvalue weighted by Gasteiger charge is 2.26. The van der Waals surface area contributed by atoms with E-state index in [0.717, 1.165) is 24.1 Å². The number of amides is 1. The van der Waals surface area contributed by atoms with Crippen molar-refractivity contribution in [3.05, 3.63) is 83.9 Å². The molecule has 1 aromatic heterocycles.